The van der Waals surface area contributed by atoms with Gasteiger partial charge in [-0.05, 0) is 42.8 Å². The number of rotatable bonds is 3. The molecule has 1 aromatic heterocycles. The molecular weight excluding hydrogens is 291 g/mol. The van der Waals surface area contributed by atoms with Crippen LogP contribution in [0.4, 0.5) is 4.39 Å². The first-order valence-electron chi connectivity index (χ1n) is 6.49. The molecule has 3 aromatic rings. The number of aryl methyl sites for hydroxylation is 1. The molecule has 0 aliphatic carbocycles. The van der Waals surface area contributed by atoms with Crippen molar-refractivity contribution in [3.05, 3.63) is 70.2 Å². The van der Waals surface area contributed by atoms with Gasteiger partial charge in [0.25, 0.3) is 0 Å². The first kappa shape index (κ1) is 14.1. The van der Waals surface area contributed by atoms with Crippen LogP contribution in [0.25, 0.3) is 11.0 Å². The van der Waals surface area contributed by atoms with E-state index in [4.69, 9.17) is 21.9 Å². The predicted molar refractivity (Wildman–Crippen MR) is 81.5 cm³/mol. The summed E-state index contributed by atoms with van der Waals surface area (Å²) in [6, 6.07) is 11.9. The molecule has 0 amide bonds. The summed E-state index contributed by atoms with van der Waals surface area (Å²) in [5.74, 6) is 5.82. The van der Waals surface area contributed by atoms with Crippen LogP contribution in [0.3, 0.4) is 0 Å². The Labute approximate surface area is 126 Å². The van der Waals surface area contributed by atoms with Crippen LogP contribution in [0.15, 0.2) is 46.9 Å². The number of halogens is 2. The number of nitrogens with one attached hydrogen (secondary N) is 1. The molecule has 5 heteroatoms. The van der Waals surface area contributed by atoms with Crippen LogP contribution in [-0.4, -0.2) is 0 Å². The molecule has 0 bridgehead atoms. The lowest BCUT2D eigenvalue weighted by Gasteiger charge is -2.14. The Balaban J connectivity index is 2.06. The first-order valence-corrected chi connectivity index (χ1v) is 6.87. The fourth-order valence-electron chi connectivity index (χ4n) is 2.36. The second kappa shape index (κ2) is 5.48. The minimum Gasteiger partial charge on any atom is -0.459 e. The Hall–Kier alpha value is -1.88. The van der Waals surface area contributed by atoms with Crippen LogP contribution in [0.2, 0.25) is 5.02 Å². The van der Waals surface area contributed by atoms with Crippen LogP contribution in [0.1, 0.15) is 22.9 Å². The summed E-state index contributed by atoms with van der Waals surface area (Å²) in [4.78, 5) is 0. The Morgan fingerprint density at radius 2 is 2.00 bits per heavy atom. The highest BCUT2D eigenvalue weighted by molar-refractivity contribution is 6.30. The average Bonchev–Trinajstić information content (AvgIpc) is 2.86. The molecule has 3 rings (SSSR count). The zero-order valence-corrected chi connectivity index (χ0v) is 12.1. The van der Waals surface area contributed by atoms with Gasteiger partial charge in [-0.3, -0.25) is 5.84 Å². The summed E-state index contributed by atoms with van der Waals surface area (Å²) in [5.41, 5.74) is 5.35. The molecular formula is C16H14ClFN2O. The van der Waals surface area contributed by atoms with E-state index in [2.05, 4.69) is 5.43 Å². The summed E-state index contributed by atoms with van der Waals surface area (Å²) < 4.78 is 19.1. The van der Waals surface area contributed by atoms with Gasteiger partial charge in [0.05, 0.1) is 5.02 Å². The van der Waals surface area contributed by atoms with Gasteiger partial charge in [-0.1, -0.05) is 29.3 Å². The third kappa shape index (κ3) is 2.65. The van der Waals surface area contributed by atoms with Gasteiger partial charge in [-0.2, -0.15) is 0 Å². The smallest absolute Gasteiger partial charge is 0.141 e. The number of furan rings is 1. The number of hydrazine groups is 1. The van der Waals surface area contributed by atoms with Crippen LogP contribution >= 0.6 is 11.6 Å². The number of hydrogen-bond donors (Lipinski definition) is 2. The highest BCUT2D eigenvalue weighted by Crippen LogP contribution is 2.30. The van der Waals surface area contributed by atoms with E-state index in [0.717, 1.165) is 22.1 Å². The van der Waals surface area contributed by atoms with E-state index in [9.17, 15) is 4.39 Å². The van der Waals surface area contributed by atoms with E-state index < -0.39 is 11.9 Å². The van der Waals surface area contributed by atoms with Crippen molar-refractivity contribution in [3.8, 4) is 0 Å². The molecule has 1 unspecified atom stereocenters. The van der Waals surface area contributed by atoms with Crippen molar-refractivity contribution in [2.75, 3.05) is 0 Å². The maximum absolute atomic E-state index is 13.3. The Morgan fingerprint density at radius 3 is 2.71 bits per heavy atom. The summed E-state index contributed by atoms with van der Waals surface area (Å²) in [6.07, 6.45) is 0. The minimum absolute atomic E-state index is 0.0553. The normalized spacial score (nSPS) is 12.8. The Bertz CT molecular complexity index is 800. The van der Waals surface area contributed by atoms with Crippen molar-refractivity contribution in [1.29, 1.82) is 0 Å². The van der Waals surface area contributed by atoms with E-state index in [1.807, 2.05) is 31.2 Å². The van der Waals surface area contributed by atoms with Crippen LogP contribution < -0.4 is 11.3 Å². The van der Waals surface area contributed by atoms with Crippen molar-refractivity contribution in [2.45, 2.75) is 13.0 Å². The number of fused-ring (bicyclic) bond motifs is 1. The molecule has 0 fully saturated rings. The van der Waals surface area contributed by atoms with E-state index in [-0.39, 0.29) is 5.02 Å². The summed E-state index contributed by atoms with van der Waals surface area (Å²) >= 11 is 5.83. The summed E-state index contributed by atoms with van der Waals surface area (Å²) in [6.45, 7) is 2.02. The van der Waals surface area contributed by atoms with Crippen molar-refractivity contribution >= 4 is 22.6 Å². The van der Waals surface area contributed by atoms with Gasteiger partial charge < -0.3 is 4.42 Å². The molecule has 0 saturated heterocycles. The monoisotopic (exact) mass is 304 g/mol. The van der Waals surface area contributed by atoms with Crippen molar-refractivity contribution in [3.63, 3.8) is 0 Å². The predicted octanol–water partition coefficient (Wildman–Crippen LogP) is 4.09. The van der Waals surface area contributed by atoms with E-state index in [1.54, 1.807) is 12.1 Å². The molecule has 1 atom stereocenters. The van der Waals surface area contributed by atoms with Gasteiger partial charge in [0.2, 0.25) is 0 Å². The lowest BCUT2D eigenvalue weighted by molar-refractivity contribution is 0.476. The largest absolute Gasteiger partial charge is 0.459 e. The summed E-state index contributed by atoms with van der Waals surface area (Å²) in [5, 5.41) is 1.05. The fraction of sp³-hybridized carbons (Fsp3) is 0.125. The number of nitrogens with two attached hydrogens (primary N) is 1. The fourth-order valence-corrected chi connectivity index (χ4v) is 2.55. The zero-order valence-electron chi connectivity index (χ0n) is 11.4. The van der Waals surface area contributed by atoms with Crippen molar-refractivity contribution in [2.24, 2.45) is 5.84 Å². The Kier molecular flexibility index (Phi) is 3.68. The number of hydrogen-bond acceptors (Lipinski definition) is 3. The van der Waals surface area contributed by atoms with Gasteiger partial charge >= 0.3 is 0 Å². The van der Waals surface area contributed by atoms with Gasteiger partial charge in [-0.15, -0.1) is 0 Å². The topological polar surface area (TPSA) is 51.2 Å². The molecule has 0 saturated carbocycles. The van der Waals surface area contributed by atoms with Gasteiger partial charge in [0, 0.05) is 5.39 Å². The van der Waals surface area contributed by atoms with Crippen LogP contribution in [0.5, 0.6) is 0 Å². The molecule has 1 heterocycles. The third-order valence-corrected chi connectivity index (χ3v) is 3.71. The summed E-state index contributed by atoms with van der Waals surface area (Å²) in [7, 11) is 0. The quantitative estimate of drug-likeness (QED) is 0.566. The third-order valence-electron chi connectivity index (χ3n) is 3.42. The molecule has 21 heavy (non-hydrogen) atoms. The van der Waals surface area contributed by atoms with Crippen molar-refractivity contribution in [1.82, 2.24) is 5.43 Å². The standard InChI is InChI=1S/C16H14ClFN2O/c1-9-2-5-14-11(6-9)8-15(21-14)16(20-19)10-3-4-13(18)12(17)7-10/h2-8,16,20H,19H2,1H3. The van der Waals surface area contributed by atoms with Crippen molar-refractivity contribution < 1.29 is 8.81 Å². The first-order chi connectivity index (χ1) is 10.1. The Morgan fingerprint density at radius 1 is 1.19 bits per heavy atom. The maximum atomic E-state index is 13.3. The second-order valence-corrected chi connectivity index (χ2v) is 5.37. The van der Waals surface area contributed by atoms with Gasteiger partial charge in [-0.25, -0.2) is 9.82 Å². The second-order valence-electron chi connectivity index (χ2n) is 4.96. The SMILES string of the molecule is Cc1ccc2oc(C(NN)c3ccc(F)c(Cl)c3)cc2c1. The lowest BCUT2D eigenvalue weighted by Crippen LogP contribution is -2.28. The molecule has 0 radical (unpaired) electrons. The highest BCUT2D eigenvalue weighted by atomic mass is 35.5. The van der Waals surface area contributed by atoms with E-state index in [1.165, 1.54) is 6.07 Å². The molecule has 3 nitrogen and oxygen atoms in total. The molecule has 0 aliphatic heterocycles. The van der Waals surface area contributed by atoms with E-state index in [0.29, 0.717) is 5.76 Å². The van der Waals surface area contributed by atoms with Crippen LogP contribution in [-0.2, 0) is 0 Å². The molecule has 3 N–H and O–H groups in total. The number of benzene rings is 2. The van der Waals surface area contributed by atoms with Crippen LogP contribution in [0, 0.1) is 12.7 Å². The molecule has 2 aromatic carbocycles. The average molecular weight is 305 g/mol. The van der Waals surface area contributed by atoms with Gasteiger partial charge in [0.15, 0.2) is 0 Å². The lowest BCUT2D eigenvalue weighted by atomic mass is 10.0. The van der Waals surface area contributed by atoms with Gasteiger partial charge in [0.1, 0.15) is 23.2 Å². The molecule has 0 spiro atoms. The molecule has 0 aliphatic rings. The van der Waals surface area contributed by atoms with E-state index >= 15 is 0 Å². The minimum atomic E-state index is -0.462. The highest BCUT2D eigenvalue weighted by Gasteiger charge is 2.18. The molecule has 108 valence electrons. The zero-order chi connectivity index (χ0) is 15.0. The maximum Gasteiger partial charge on any atom is 0.141 e.